The van der Waals surface area contributed by atoms with Crippen LogP contribution in [0.3, 0.4) is 0 Å². The molecule has 3 heteroatoms. The maximum Gasteiger partial charge on any atom is 0.142 e. The van der Waals surface area contributed by atoms with Gasteiger partial charge in [-0.05, 0) is 36.5 Å². The molecule has 2 rings (SSSR count). The van der Waals surface area contributed by atoms with Crippen LogP contribution >= 0.6 is 11.6 Å². The van der Waals surface area contributed by atoms with Crippen molar-refractivity contribution in [2.45, 2.75) is 26.2 Å². The third-order valence-corrected chi connectivity index (χ3v) is 3.76. The van der Waals surface area contributed by atoms with Crippen LogP contribution in [-0.2, 0) is 11.2 Å². The van der Waals surface area contributed by atoms with Crippen molar-refractivity contribution in [1.29, 1.82) is 0 Å². The molecule has 16 heavy (non-hydrogen) atoms. The van der Waals surface area contributed by atoms with Gasteiger partial charge in [0.05, 0.1) is 5.02 Å². The molecule has 86 valence electrons. The predicted molar refractivity (Wildman–Crippen MR) is 62.0 cm³/mol. The quantitative estimate of drug-likeness (QED) is 0.772. The van der Waals surface area contributed by atoms with Crippen LogP contribution in [0.5, 0.6) is 0 Å². The van der Waals surface area contributed by atoms with E-state index in [1.54, 1.807) is 6.07 Å². The van der Waals surface area contributed by atoms with E-state index in [4.69, 9.17) is 11.6 Å². The molecular weight excluding hydrogens is 227 g/mol. The van der Waals surface area contributed by atoms with E-state index in [2.05, 4.69) is 0 Å². The van der Waals surface area contributed by atoms with Gasteiger partial charge >= 0.3 is 0 Å². The maximum absolute atomic E-state index is 13.2. The molecule has 1 fully saturated rings. The minimum absolute atomic E-state index is 0.110. The molecule has 0 amide bonds. The number of carbonyl (C=O) groups is 1. The van der Waals surface area contributed by atoms with Gasteiger partial charge in [0.1, 0.15) is 11.6 Å². The van der Waals surface area contributed by atoms with E-state index in [-0.39, 0.29) is 16.8 Å². The highest BCUT2D eigenvalue weighted by molar-refractivity contribution is 6.30. The van der Waals surface area contributed by atoms with Gasteiger partial charge < -0.3 is 0 Å². The lowest BCUT2D eigenvalue weighted by Crippen LogP contribution is -2.12. The molecule has 0 radical (unpaired) electrons. The molecule has 0 aliphatic heterocycles. The highest BCUT2D eigenvalue weighted by Gasteiger charge is 2.30. The van der Waals surface area contributed by atoms with E-state index in [0.717, 1.165) is 18.4 Å². The minimum atomic E-state index is -0.379. The Morgan fingerprint density at radius 1 is 1.50 bits per heavy atom. The summed E-state index contributed by atoms with van der Waals surface area (Å²) < 4.78 is 13.2. The Balaban J connectivity index is 2.09. The van der Waals surface area contributed by atoms with Gasteiger partial charge in [-0.15, -0.1) is 0 Å². The number of hydrogen-bond donors (Lipinski definition) is 0. The number of halogens is 2. The van der Waals surface area contributed by atoms with E-state index in [9.17, 15) is 9.18 Å². The molecule has 2 unspecified atom stereocenters. The van der Waals surface area contributed by atoms with Crippen molar-refractivity contribution in [3.8, 4) is 0 Å². The van der Waals surface area contributed by atoms with Crippen molar-refractivity contribution < 1.29 is 9.18 Å². The van der Waals surface area contributed by atoms with Crippen molar-refractivity contribution in [2.24, 2.45) is 11.8 Å². The van der Waals surface area contributed by atoms with E-state index < -0.39 is 0 Å². The number of hydrogen-bond acceptors (Lipinski definition) is 1. The van der Waals surface area contributed by atoms with Crippen LogP contribution in [0.2, 0.25) is 5.02 Å². The van der Waals surface area contributed by atoms with Crippen molar-refractivity contribution in [3.05, 3.63) is 34.6 Å². The minimum Gasteiger partial charge on any atom is -0.299 e. The molecule has 0 spiro atoms. The molecule has 2 atom stereocenters. The summed E-state index contributed by atoms with van der Waals surface area (Å²) in [7, 11) is 0. The molecule has 1 aliphatic rings. The summed E-state index contributed by atoms with van der Waals surface area (Å²) in [5.74, 6) is 0.419. The largest absolute Gasteiger partial charge is 0.299 e. The normalized spacial score (nSPS) is 25.1. The van der Waals surface area contributed by atoms with Gasteiger partial charge in [0, 0.05) is 12.3 Å². The van der Waals surface area contributed by atoms with Crippen LogP contribution in [-0.4, -0.2) is 5.78 Å². The third-order valence-electron chi connectivity index (χ3n) is 3.46. The molecule has 0 N–H and O–H groups in total. The van der Waals surface area contributed by atoms with Crippen molar-refractivity contribution >= 4 is 17.4 Å². The maximum atomic E-state index is 13.2. The smallest absolute Gasteiger partial charge is 0.142 e. The van der Waals surface area contributed by atoms with Crippen molar-refractivity contribution in [1.82, 2.24) is 0 Å². The number of rotatable bonds is 2. The van der Waals surface area contributed by atoms with Gasteiger partial charge in [0.15, 0.2) is 0 Å². The van der Waals surface area contributed by atoms with Crippen molar-refractivity contribution in [2.75, 3.05) is 0 Å². The highest BCUT2D eigenvalue weighted by Crippen LogP contribution is 2.31. The van der Waals surface area contributed by atoms with Gasteiger partial charge in [-0.2, -0.15) is 0 Å². The number of benzene rings is 1. The van der Waals surface area contributed by atoms with Crippen molar-refractivity contribution in [3.63, 3.8) is 0 Å². The fraction of sp³-hybridized carbons (Fsp3) is 0.462. The molecule has 0 heterocycles. The first-order valence-electron chi connectivity index (χ1n) is 5.54. The zero-order valence-electron chi connectivity index (χ0n) is 9.17. The monoisotopic (exact) mass is 240 g/mol. The average molecular weight is 241 g/mol. The Hall–Kier alpha value is -0.890. The lowest BCUT2D eigenvalue weighted by Gasteiger charge is -2.14. The van der Waals surface area contributed by atoms with Crippen LogP contribution in [0.1, 0.15) is 25.3 Å². The molecule has 1 aliphatic carbocycles. The Morgan fingerprint density at radius 2 is 2.25 bits per heavy atom. The van der Waals surface area contributed by atoms with Crippen LogP contribution in [0, 0.1) is 17.7 Å². The highest BCUT2D eigenvalue weighted by atomic mass is 35.5. The summed E-state index contributed by atoms with van der Waals surface area (Å²) in [6.45, 7) is 1.96. The SMILES string of the molecule is CC1C(=O)CCC1Cc1ccc(Cl)c(F)c1. The lowest BCUT2D eigenvalue weighted by molar-refractivity contribution is -0.120. The topological polar surface area (TPSA) is 17.1 Å². The zero-order chi connectivity index (χ0) is 11.7. The Labute approximate surface area is 99.6 Å². The lowest BCUT2D eigenvalue weighted by atomic mass is 9.91. The summed E-state index contributed by atoms with van der Waals surface area (Å²) in [5.41, 5.74) is 0.924. The second-order valence-electron chi connectivity index (χ2n) is 4.51. The van der Waals surface area contributed by atoms with E-state index >= 15 is 0 Å². The van der Waals surface area contributed by atoms with Gasteiger partial charge in [0.25, 0.3) is 0 Å². The fourth-order valence-corrected chi connectivity index (χ4v) is 2.43. The van der Waals surface area contributed by atoms with Crippen LogP contribution in [0.15, 0.2) is 18.2 Å². The molecular formula is C13H14ClFO. The zero-order valence-corrected chi connectivity index (χ0v) is 9.93. The molecule has 1 saturated carbocycles. The number of Topliss-reactive ketones (excluding diaryl/α,β-unsaturated/α-hetero) is 1. The second kappa shape index (κ2) is 4.54. The Kier molecular flexibility index (Phi) is 3.29. The van der Waals surface area contributed by atoms with Gasteiger partial charge in [-0.1, -0.05) is 24.6 Å². The first-order chi connectivity index (χ1) is 7.58. The molecule has 1 aromatic rings. The van der Waals surface area contributed by atoms with Gasteiger partial charge in [-0.3, -0.25) is 4.79 Å². The van der Waals surface area contributed by atoms with E-state index in [1.807, 2.05) is 13.0 Å². The Morgan fingerprint density at radius 3 is 2.81 bits per heavy atom. The molecule has 1 aromatic carbocycles. The average Bonchev–Trinajstić information content (AvgIpc) is 2.55. The summed E-state index contributed by atoms with van der Waals surface area (Å²) in [6.07, 6.45) is 2.35. The van der Waals surface area contributed by atoms with E-state index in [1.165, 1.54) is 6.07 Å². The van der Waals surface area contributed by atoms with Crippen LogP contribution in [0.4, 0.5) is 4.39 Å². The van der Waals surface area contributed by atoms with Crippen LogP contribution < -0.4 is 0 Å². The summed E-state index contributed by atoms with van der Waals surface area (Å²) in [5, 5.41) is 0.152. The summed E-state index contributed by atoms with van der Waals surface area (Å²) in [4.78, 5) is 11.4. The summed E-state index contributed by atoms with van der Waals surface area (Å²) >= 11 is 5.62. The molecule has 1 nitrogen and oxygen atoms in total. The first-order valence-corrected chi connectivity index (χ1v) is 5.92. The second-order valence-corrected chi connectivity index (χ2v) is 4.91. The van der Waals surface area contributed by atoms with Gasteiger partial charge in [-0.25, -0.2) is 4.39 Å². The number of ketones is 1. The Bertz CT molecular complexity index is 416. The molecule has 0 aromatic heterocycles. The van der Waals surface area contributed by atoms with Gasteiger partial charge in [0.2, 0.25) is 0 Å². The van der Waals surface area contributed by atoms with E-state index in [0.29, 0.717) is 18.1 Å². The first kappa shape index (κ1) is 11.6. The third kappa shape index (κ3) is 2.27. The fourth-order valence-electron chi connectivity index (χ4n) is 2.32. The summed E-state index contributed by atoms with van der Waals surface area (Å²) in [6, 6.07) is 4.88. The standard InChI is InChI=1S/C13H14ClFO/c1-8-10(3-5-13(8)16)6-9-2-4-11(14)12(15)7-9/h2,4,7-8,10H,3,5-6H2,1H3. The number of carbonyl (C=O) groups excluding carboxylic acids is 1. The molecule has 0 saturated heterocycles. The molecule has 0 bridgehead atoms. The van der Waals surface area contributed by atoms with Crippen LogP contribution in [0.25, 0.3) is 0 Å². The predicted octanol–water partition coefficient (Wildman–Crippen LogP) is 3.64.